The van der Waals surface area contributed by atoms with Crippen molar-refractivity contribution in [1.82, 2.24) is 0 Å². The van der Waals surface area contributed by atoms with E-state index in [4.69, 9.17) is 3.07 Å². The molecule has 1 aliphatic heterocycles. The second kappa shape index (κ2) is 4.57. The maximum atomic E-state index is 5.85. The van der Waals surface area contributed by atoms with Gasteiger partial charge in [0.15, 0.2) is 0 Å². The van der Waals surface area contributed by atoms with Crippen LogP contribution in [0, 0.1) is 0 Å². The van der Waals surface area contributed by atoms with Crippen LogP contribution < -0.4 is 0 Å². The molecule has 1 rings (SSSR count). The van der Waals surface area contributed by atoms with Gasteiger partial charge in [-0.25, -0.2) is 0 Å². The first-order valence-electron chi connectivity index (χ1n) is 3.83. The molecular formula is C8H14OSSn. The predicted octanol–water partition coefficient (Wildman–Crippen LogP) is 2.56. The molecule has 0 aromatic heterocycles. The summed E-state index contributed by atoms with van der Waals surface area (Å²) in [6.07, 6.45) is 4.02. The first kappa shape index (κ1) is 9.67. The van der Waals surface area contributed by atoms with Gasteiger partial charge in [0, 0.05) is 0 Å². The Morgan fingerprint density at radius 3 is 2.36 bits per heavy atom. The topological polar surface area (TPSA) is 9.23 Å². The van der Waals surface area contributed by atoms with E-state index in [1.165, 1.54) is 5.75 Å². The van der Waals surface area contributed by atoms with Crippen LogP contribution in [0.25, 0.3) is 0 Å². The summed E-state index contributed by atoms with van der Waals surface area (Å²) in [7, 11) is 2.08. The van der Waals surface area contributed by atoms with Crippen LogP contribution in [0.15, 0.2) is 25.3 Å². The van der Waals surface area contributed by atoms with Gasteiger partial charge < -0.3 is 0 Å². The zero-order valence-electron chi connectivity index (χ0n) is 6.71. The Morgan fingerprint density at radius 2 is 2.00 bits per heavy atom. The van der Waals surface area contributed by atoms with Crippen LogP contribution in [0.2, 0.25) is 8.87 Å². The second-order valence-corrected chi connectivity index (χ2v) is 19.1. The van der Waals surface area contributed by atoms with Crippen molar-refractivity contribution in [2.45, 2.75) is 8.87 Å². The van der Waals surface area contributed by atoms with Gasteiger partial charge in [0.25, 0.3) is 0 Å². The molecule has 0 aromatic rings. The fourth-order valence-electron chi connectivity index (χ4n) is 1.26. The quantitative estimate of drug-likeness (QED) is 0.577. The van der Waals surface area contributed by atoms with E-state index in [0.29, 0.717) is 0 Å². The van der Waals surface area contributed by atoms with Gasteiger partial charge in [-0.3, -0.25) is 0 Å². The fraction of sp³-hybridized carbons (Fsp3) is 0.500. The van der Waals surface area contributed by atoms with E-state index < -0.39 is 17.4 Å². The fourth-order valence-corrected chi connectivity index (χ4v) is 16.3. The van der Waals surface area contributed by atoms with Crippen LogP contribution in [0.3, 0.4) is 0 Å². The molecule has 0 bridgehead atoms. The summed E-state index contributed by atoms with van der Waals surface area (Å²) in [4.78, 5) is 0. The molecule has 0 saturated carbocycles. The van der Waals surface area contributed by atoms with Gasteiger partial charge in [0.2, 0.25) is 0 Å². The Morgan fingerprint density at radius 1 is 1.36 bits per heavy atom. The molecule has 0 amide bonds. The van der Waals surface area contributed by atoms with Gasteiger partial charge in [-0.15, -0.1) is 0 Å². The molecule has 0 N–H and O–H groups in total. The van der Waals surface area contributed by atoms with Crippen LogP contribution in [0.4, 0.5) is 0 Å². The summed E-state index contributed by atoms with van der Waals surface area (Å²) in [6, 6.07) is 0. The molecule has 1 heterocycles. The zero-order valence-corrected chi connectivity index (χ0v) is 10.4. The molecule has 62 valence electrons. The van der Waals surface area contributed by atoms with Gasteiger partial charge in [-0.1, -0.05) is 0 Å². The van der Waals surface area contributed by atoms with Gasteiger partial charge in [0.05, 0.1) is 0 Å². The Kier molecular flexibility index (Phi) is 4.02. The van der Waals surface area contributed by atoms with Gasteiger partial charge in [-0.2, -0.15) is 0 Å². The number of hydrogen-bond donors (Lipinski definition) is 0. The van der Waals surface area contributed by atoms with E-state index in [-0.39, 0.29) is 0 Å². The van der Waals surface area contributed by atoms with Crippen molar-refractivity contribution in [2.75, 3.05) is 12.4 Å². The molecule has 1 nitrogen and oxygen atoms in total. The summed E-state index contributed by atoms with van der Waals surface area (Å²) in [5.41, 5.74) is 0. The normalized spacial score (nSPS) is 21.5. The monoisotopic (exact) mass is 278 g/mol. The van der Waals surface area contributed by atoms with Crippen molar-refractivity contribution < 1.29 is 3.07 Å². The average Bonchev–Trinajstić information content (AvgIpc) is 2.39. The van der Waals surface area contributed by atoms with Crippen molar-refractivity contribution >= 4 is 26.4 Å². The Balaban J connectivity index is 2.53. The second-order valence-electron chi connectivity index (χ2n) is 2.59. The summed E-state index contributed by atoms with van der Waals surface area (Å²) >= 11 is -2.18. The van der Waals surface area contributed by atoms with E-state index in [0.717, 1.165) is 15.5 Å². The van der Waals surface area contributed by atoms with Crippen LogP contribution in [-0.2, 0) is 3.07 Å². The SMILES string of the molecule is C=C[CH2][Sn]1([CH2]C=C)[O]CC[S]1. The standard InChI is InChI=1S/2C3H5.C2H5OS.Sn/c2*1-3-2;3-1-2-4;/h2*3H,1-2H2;4H,1-2H2;/q;;-1;+2/p-1. The maximum absolute atomic E-state index is 5.85. The van der Waals surface area contributed by atoms with Gasteiger partial charge in [-0.05, 0) is 0 Å². The van der Waals surface area contributed by atoms with Crippen molar-refractivity contribution in [2.24, 2.45) is 0 Å². The van der Waals surface area contributed by atoms with E-state index in [2.05, 4.69) is 22.1 Å². The van der Waals surface area contributed by atoms with E-state index in [9.17, 15) is 0 Å². The molecule has 0 radical (unpaired) electrons. The van der Waals surface area contributed by atoms with Crippen molar-refractivity contribution in [3.05, 3.63) is 25.3 Å². The van der Waals surface area contributed by atoms with Crippen LogP contribution in [-0.4, -0.2) is 29.8 Å². The molecule has 1 fully saturated rings. The first-order chi connectivity index (χ1) is 5.33. The molecule has 3 heteroatoms. The summed E-state index contributed by atoms with van der Waals surface area (Å²) in [5.74, 6) is 1.19. The zero-order chi connectivity index (χ0) is 8.16. The van der Waals surface area contributed by atoms with Crippen molar-refractivity contribution in [3.63, 3.8) is 0 Å². The van der Waals surface area contributed by atoms with E-state index in [1.54, 1.807) is 0 Å². The van der Waals surface area contributed by atoms with E-state index in [1.807, 2.05) is 12.2 Å². The Labute approximate surface area is 75.8 Å². The van der Waals surface area contributed by atoms with Crippen LogP contribution >= 0.6 is 8.95 Å². The molecule has 11 heavy (non-hydrogen) atoms. The molecule has 0 aromatic carbocycles. The van der Waals surface area contributed by atoms with Crippen molar-refractivity contribution in [3.8, 4) is 0 Å². The summed E-state index contributed by atoms with van der Waals surface area (Å²) < 4.78 is 8.11. The first-order valence-corrected chi connectivity index (χ1v) is 13.5. The minimum absolute atomic E-state index is 0.961. The van der Waals surface area contributed by atoms with Gasteiger partial charge in [0.1, 0.15) is 0 Å². The third-order valence-corrected chi connectivity index (χ3v) is 19.2. The third kappa shape index (κ3) is 2.52. The van der Waals surface area contributed by atoms with Crippen LogP contribution in [0.1, 0.15) is 0 Å². The molecule has 1 aliphatic rings. The molecule has 0 spiro atoms. The summed E-state index contributed by atoms with van der Waals surface area (Å²) in [5, 5.41) is 0. The molecule has 1 saturated heterocycles. The minimum atomic E-state index is -2.18. The number of allylic oxidation sites excluding steroid dienone is 2. The Bertz CT molecular complexity index is 140. The molecule has 0 atom stereocenters. The number of hydrogen-bond acceptors (Lipinski definition) is 2. The Hall–Kier alpha value is 0.589. The van der Waals surface area contributed by atoms with Crippen molar-refractivity contribution in [1.29, 1.82) is 0 Å². The average molecular weight is 277 g/mol. The number of rotatable bonds is 4. The predicted molar refractivity (Wildman–Crippen MR) is 54.2 cm³/mol. The molecule has 0 unspecified atom stereocenters. The van der Waals surface area contributed by atoms with E-state index >= 15 is 0 Å². The summed E-state index contributed by atoms with van der Waals surface area (Å²) in [6.45, 7) is 8.51. The third-order valence-electron chi connectivity index (χ3n) is 1.72. The molecule has 0 aliphatic carbocycles. The van der Waals surface area contributed by atoms with Crippen LogP contribution in [0.5, 0.6) is 0 Å². The molecular weight excluding hydrogens is 263 g/mol. The van der Waals surface area contributed by atoms with Gasteiger partial charge >= 0.3 is 76.0 Å².